The molecule has 1 N–H and O–H groups in total. The van der Waals surface area contributed by atoms with Crippen LogP contribution in [0.25, 0.3) is 10.8 Å². The molecule has 0 aliphatic carbocycles. The van der Waals surface area contributed by atoms with E-state index in [0.717, 1.165) is 28.5 Å². The molecule has 0 fully saturated rings. The molecular formula is C21H20N2O2. The number of nitrogens with one attached hydrogen (secondary N) is 1. The monoisotopic (exact) mass is 332 g/mol. The van der Waals surface area contributed by atoms with E-state index in [1.54, 1.807) is 12.3 Å². The number of amides is 1. The Morgan fingerprint density at radius 2 is 1.80 bits per heavy atom. The number of rotatable bonds is 6. The summed E-state index contributed by atoms with van der Waals surface area (Å²) in [5, 5.41) is 6.02. The summed E-state index contributed by atoms with van der Waals surface area (Å²) in [4.78, 5) is 12.4. The summed E-state index contributed by atoms with van der Waals surface area (Å²) in [6, 6.07) is 21.1. The van der Waals surface area contributed by atoms with Crippen LogP contribution in [0.3, 0.4) is 0 Å². The number of fused-ring (bicyclic) bond motifs is 1. The highest BCUT2D eigenvalue weighted by Crippen LogP contribution is 2.18. The fraction of sp³-hybridized carbons (Fsp3) is 0.143. The number of hydrogen-bond acceptors (Lipinski definition) is 3. The first kappa shape index (κ1) is 16.7. The molecule has 0 saturated heterocycles. The van der Waals surface area contributed by atoms with Crippen LogP contribution in [-0.2, 0) is 0 Å². The summed E-state index contributed by atoms with van der Waals surface area (Å²) < 4.78 is 5.68. The van der Waals surface area contributed by atoms with Crippen molar-refractivity contribution < 1.29 is 9.53 Å². The highest BCUT2D eigenvalue weighted by atomic mass is 16.5. The van der Waals surface area contributed by atoms with Crippen LogP contribution in [0, 0.1) is 0 Å². The standard InChI is InChI=1S/C21H20N2O2/c1-2-14-25-20-13-6-4-9-17(20)15-22-23-21(24)19-12-7-10-16-8-3-5-11-18(16)19/h3-13,15H,2,14H2,1H3,(H,23,24)/b22-15+. The van der Waals surface area contributed by atoms with Crippen molar-refractivity contribution in [3.63, 3.8) is 0 Å². The maximum absolute atomic E-state index is 12.4. The van der Waals surface area contributed by atoms with Crippen molar-refractivity contribution in [3.8, 4) is 5.75 Å². The molecule has 0 radical (unpaired) electrons. The maximum Gasteiger partial charge on any atom is 0.271 e. The van der Waals surface area contributed by atoms with Crippen LogP contribution in [-0.4, -0.2) is 18.7 Å². The summed E-state index contributed by atoms with van der Waals surface area (Å²) in [5.74, 6) is 0.521. The van der Waals surface area contributed by atoms with E-state index >= 15 is 0 Å². The number of para-hydroxylation sites is 1. The second kappa shape index (κ2) is 8.11. The number of carbonyl (C=O) groups is 1. The first-order valence-corrected chi connectivity index (χ1v) is 8.32. The van der Waals surface area contributed by atoms with E-state index in [9.17, 15) is 4.79 Å². The van der Waals surface area contributed by atoms with Crippen LogP contribution < -0.4 is 10.2 Å². The quantitative estimate of drug-likeness (QED) is 0.537. The zero-order chi connectivity index (χ0) is 17.5. The van der Waals surface area contributed by atoms with Gasteiger partial charge in [-0.2, -0.15) is 5.10 Å². The molecule has 3 aromatic rings. The lowest BCUT2D eigenvalue weighted by Gasteiger charge is -2.07. The molecule has 0 unspecified atom stereocenters. The van der Waals surface area contributed by atoms with Crippen molar-refractivity contribution in [2.75, 3.05) is 6.61 Å². The van der Waals surface area contributed by atoms with Crippen molar-refractivity contribution >= 4 is 22.9 Å². The normalized spacial score (nSPS) is 10.9. The lowest BCUT2D eigenvalue weighted by atomic mass is 10.0. The Balaban J connectivity index is 1.75. The van der Waals surface area contributed by atoms with Gasteiger partial charge in [-0.25, -0.2) is 5.43 Å². The molecule has 3 aromatic carbocycles. The Hall–Kier alpha value is -3.14. The minimum absolute atomic E-state index is 0.236. The Bertz CT molecular complexity index is 898. The number of hydrazone groups is 1. The summed E-state index contributed by atoms with van der Waals surface area (Å²) in [5.41, 5.74) is 4.03. The average molecular weight is 332 g/mol. The second-order valence-electron chi connectivity index (χ2n) is 5.61. The van der Waals surface area contributed by atoms with E-state index in [0.29, 0.717) is 12.2 Å². The third-order valence-electron chi connectivity index (χ3n) is 3.78. The molecule has 1 amide bonds. The molecule has 0 aromatic heterocycles. The summed E-state index contributed by atoms with van der Waals surface area (Å²) >= 11 is 0. The average Bonchev–Trinajstić information content (AvgIpc) is 2.66. The van der Waals surface area contributed by atoms with E-state index in [-0.39, 0.29) is 5.91 Å². The molecule has 4 nitrogen and oxygen atoms in total. The highest BCUT2D eigenvalue weighted by Gasteiger charge is 2.08. The van der Waals surface area contributed by atoms with Gasteiger partial charge in [0.05, 0.1) is 12.8 Å². The molecular weight excluding hydrogens is 312 g/mol. The number of nitrogens with zero attached hydrogens (tertiary/aromatic N) is 1. The van der Waals surface area contributed by atoms with E-state index in [2.05, 4.69) is 17.5 Å². The summed E-state index contributed by atoms with van der Waals surface area (Å²) in [7, 11) is 0. The van der Waals surface area contributed by atoms with Crippen molar-refractivity contribution in [3.05, 3.63) is 77.9 Å². The summed E-state index contributed by atoms with van der Waals surface area (Å²) in [6.45, 7) is 2.70. The molecule has 0 aliphatic heterocycles. The molecule has 0 atom stereocenters. The first-order valence-electron chi connectivity index (χ1n) is 8.32. The largest absolute Gasteiger partial charge is 0.493 e. The zero-order valence-electron chi connectivity index (χ0n) is 14.1. The van der Waals surface area contributed by atoms with Crippen LogP contribution in [0.2, 0.25) is 0 Å². The molecule has 0 heterocycles. The summed E-state index contributed by atoms with van der Waals surface area (Å²) in [6.07, 6.45) is 2.54. The number of carbonyl (C=O) groups excluding carboxylic acids is 1. The van der Waals surface area contributed by atoms with Gasteiger partial charge in [-0.15, -0.1) is 0 Å². The van der Waals surface area contributed by atoms with Crippen molar-refractivity contribution in [1.29, 1.82) is 0 Å². The van der Waals surface area contributed by atoms with E-state index in [4.69, 9.17) is 4.74 Å². The zero-order valence-corrected chi connectivity index (χ0v) is 14.1. The van der Waals surface area contributed by atoms with Crippen LogP contribution in [0.15, 0.2) is 71.8 Å². The smallest absolute Gasteiger partial charge is 0.271 e. The van der Waals surface area contributed by atoms with Gasteiger partial charge < -0.3 is 4.74 Å². The molecule has 126 valence electrons. The lowest BCUT2D eigenvalue weighted by Crippen LogP contribution is -2.18. The molecule has 0 bridgehead atoms. The SMILES string of the molecule is CCCOc1ccccc1/C=N/NC(=O)c1cccc2ccccc12. The molecule has 3 rings (SSSR count). The van der Waals surface area contributed by atoms with Crippen LogP contribution >= 0.6 is 0 Å². The third kappa shape index (κ3) is 4.04. The molecule has 0 saturated carbocycles. The molecule has 4 heteroatoms. The van der Waals surface area contributed by atoms with Crippen molar-refractivity contribution in [2.45, 2.75) is 13.3 Å². The van der Waals surface area contributed by atoms with E-state index in [1.165, 1.54) is 0 Å². The van der Waals surface area contributed by atoms with Crippen LogP contribution in [0.4, 0.5) is 0 Å². The Morgan fingerprint density at radius 3 is 2.68 bits per heavy atom. The molecule has 25 heavy (non-hydrogen) atoms. The Morgan fingerprint density at radius 1 is 1.04 bits per heavy atom. The topological polar surface area (TPSA) is 50.7 Å². The maximum atomic E-state index is 12.4. The first-order chi connectivity index (χ1) is 12.3. The predicted octanol–water partition coefficient (Wildman–Crippen LogP) is 4.39. The minimum Gasteiger partial charge on any atom is -0.493 e. The van der Waals surface area contributed by atoms with Gasteiger partial charge in [0.15, 0.2) is 0 Å². The van der Waals surface area contributed by atoms with Crippen LogP contribution in [0.1, 0.15) is 29.3 Å². The number of hydrogen-bond donors (Lipinski definition) is 1. The van der Waals surface area contributed by atoms with Gasteiger partial charge in [-0.05, 0) is 35.4 Å². The van der Waals surface area contributed by atoms with Gasteiger partial charge in [-0.3, -0.25) is 4.79 Å². The predicted molar refractivity (Wildman–Crippen MR) is 101 cm³/mol. The number of benzene rings is 3. The Kier molecular flexibility index (Phi) is 5.42. The van der Waals surface area contributed by atoms with Crippen LogP contribution in [0.5, 0.6) is 5.75 Å². The van der Waals surface area contributed by atoms with E-state index < -0.39 is 0 Å². The fourth-order valence-corrected chi connectivity index (χ4v) is 2.57. The van der Waals surface area contributed by atoms with Gasteiger partial charge in [0, 0.05) is 11.1 Å². The highest BCUT2D eigenvalue weighted by molar-refractivity contribution is 6.07. The van der Waals surface area contributed by atoms with Gasteiger partial charge in [0.1, 0.15) is 5.75 Å². The third-order valence-corrected chi connectivity index (χ3v) is 3.78. The van der Waals surface area contributed by atoms with E-state index in [1.807, 2.05) is 60.7 Å². The van der Waals surface area contributed by atoms with Gasteiger partial charge in [0.25, 0.3) is 5.91 Å². The molecule has 0 aliphatic rings. The fourth-order valence-electron chi connectivity index (χ4n) is 2.57. The van der Waals surface area contributed by atoms with Gasteiger partial charge in [0.2, 0.25) is 0 Å². The van der Waals surface area contributed by atoms with Crippen molar-refractivity contribution in [2.24, 2.45) is 5.10 Å². The lowest BCUT2D eigenvalue weighted by molar-refractivity contribution is 0.0957. The van der Waals surface area contributed by atoms with Gasteiger partial charge in [-0.1, -0.05) is 55.5 Å². The Labute approximate surface area is 147 Å². The second-order valence-corrected chi connectivity index (χ2v) is 5.61. The minimum atomic E-state index is -0.236. The molecule has 0 spiro atoms. The number of ether oxygens (including phenoxy) is 1. The van der Waals surface area contributed by atoms with Gasteiger partial charge >= 0.3 is 0 Å². The van der Waals surface area contributed by atoms with Crippen molar-refractivity contribution in [1.82, 2.24) is 5.43 Å².